The molecule has 26 heavy (non-hydrogen) atoms. The number of rotatable bonds is 6. The Balaban J connectivity index is 1.86. The van der Waals surface area contributed by atoms with Gasteiger partial charge in [0.1, 0.15) is 5.82 Å². The van der Waals surface area contributed by atoms with Gasteiger partial charge < -0.3 is 9.88 Å². The van der Waals surface area contributed by atoms with E-state index in [4.69, 9.17) is 0 Å². The van der Waals surface area contributed by atoms with E-state index in [2.05, 4.69) is 10.3 Å². The van der Waals surface area contributed by atoms with Crippen molar-refractivity contribution in [2.45, 2.75) is 51.2 Å². The van der Waals surface area contributed by atoms with Crippen molar-refractivity contribution in [1.82, 2.24) is 19.2 Å². The standard InChI is InChI=1S/C18H24N4O3S/c1-3-18(23)19-12-17-20-15-10-11-21(13-16(15)22(17)4-2)26(24,25)14-8-6-5-7-9-14/h5-9H,3-4,10-13H2,1-2H3,(H,19,23). The minimum Gasteiger partial charge on any atom is -0.349 e. The molecule has 1 aromatic heterocycles. The van der Waals surface area contributed by atoms with Crippen LogP contribution in [-0.2, 0) is 40.9 Å². The van der Waals surface area contributed by atoms with Crippen LogP contribution < -0.4 is 5.32 Å². The molecule has 0 spiro atoms. The molecule has 8 heteroatoms. The number of amides is 1. The van der Waals surface area contributed by atoms with E-state index < -0.39 is 10.0 Å². The third-order valence-corrected chi connectivity index (χ3v) is 6.48. The summed E-state index contributed by atoms with van der Waals surface area (Å²) in [7, 11) is -3.53. The number of fused-ring (bicyclic) bond motifs is 1. The number of carbonyl (C=O) groups excluding carboxylic acids is 1. The first kappa shape index (κ1) is 18.6. The zero-order chi connectivity index (χ0) is 18.7. The molecule has 1 amide bonds. The Hall–Kier alpha value is -2.19. The highest BCUT2D eigenvalue weighted by Gasteiger charge is 2.31. The number of carbonyl (C=O) groups is 1. The summed E-state index contributed by atoms with van der Waals surface area (Å²) in [5, 5.41) is 2.85. The molecule has 1 N–H and O–H groups in total. The van der Waals surface area contributed by atoms with Crippen molar-refractivity contribution in [2.24, 2.45) is 0 Å². The molecule has 0 saturated heterocycles. The summed E-state index contributed by atoms with van der Waals surface area (Å²) in [4.78, 5) is 16.5. The van der Waals surface area contributed by atoms with Crippen molar-refractivity contribution in [3.05, 3.63) is 47.5 Å². The van der Waals surface area contributed by atoms with E-state index >= 15 is 0 Å². The van der Waals surface area contributed by atoms with Crippen LogP contribution >= 0.6 is 0 Å². The van der Waals surface area contributed by atoms with Crippen LogP contribution in [0.25, 0.3) is 0 Å². The van der Waals surface area contributed by atoms with E-state index in [1.54, 1.807) is 37.3 Å². The highest BCUT2D eigenvalue weighted by atomic mass is 32.2. The molecule has 0 bridgehead atoms. The lowest BCUT2D eigenvalue weighted by atomic mass is 10.2. The van der Waals surface area contributed by atoms with Crippen LogP contribution in [0.4, 0.5) is 0 Å². The predicted molar refractivity (Wildman–Crippen MR) is 97.8 cm³/mol. The van der Waals surface area contributed by atoms with Crippen molar-refractivity contribution in [2.75, 3.05) is 6.54 Å². The minimum absolute atomic E-state index is 0.0260. The molecule has 7 nitrogen and oxygen atoms in total. The van der Waals surface area contributed by atoms with Crippen LogP contribution in [-0.4, -0.2) is 34.7 Å². The Morgan fingerprint density at radius 1 is 1.23 bits per heavy atom. The number of benzene rings is 1. The van der Waals surface area contributed by atoms with Gasteiger partial charge in [-0.3, -0.25) is 4.79 Å². The SMILES string of the molecule is CCC(=O)NCc1nc2c(n1CC)CN(S(=O)(=O)c1ccccc1)CC2. The Kier molecular flexibility index (Phi) is 5.43. The highest BCUT2D eigenvalue weighted by molar-refractivity contribution is 7.89. The van der Waals surface area contributed by atoms with Crippen molar-refractivity contribution >= 4 is 15.9 Å². The number of sulfonamides is 1. The third-order valence-electron chi connectivity index (χ3n) is 4.62. The lowest BCUT2D eigenvalue weighted by Gasteiger charge is -2.27. The minimum atomic E-state index is -3.53. The van der Waals surface area contributed by atoms with Gasteiger partial charge in [-0.25, -0.2) is 13.4 Å². The lowest BCUT2D eigenvalue weighted by molar-refractivity contribution is -0.120. The lowest BCUT2D eigenvalue weighted by Crippen LogP contribution is -2.36. The molecule has 0 fully saturated rings. The summed E-state index contributed by atoms with van der Waals surface area (Å²) in [6.45, 7) is 5.55. The summed E-state index contributed by atoms with van der Waals surface area (Å²) in [6.07, 6.45) is 0.999. The number of imidazole rings is 1. The van der Waals surface area contributed by atoms with Crippen molar-refractivity contribution in [3.8, 4) is 0 Å². The Morgan fingerprint density at radius 3 is 2.62 bits per heavy atom. The second-order valence-corrected chi connectivity index (χ2v) is 8.14. The number of hydrogen-bond donors (Lipinski definition) is 1. The molecule has 140 valence electrons. The Morgan fingerprint density at radius 2 is 1.96 bits per heavy atom. The molecule has 0 radical (unpaired) electrons. The summed E-state index contributed by atoms with van der Waals surface area (Å²) in [5.74, 6) is 0.750. The Labute approximate surface area is 154 Å². The molecular weight excluding hydrogens is 352 g/mol. The molecule has 1 aromatic carbocycles. The van der Waals surface area contributed by atoms with E-state index in [9.17, 15) is 13.2 Å². The van der Waals surface area contributed by atoms with Crippen LogP contribution in [0.5, 0.6) is 0 Å². The van der Waals surface area contributed by atoms with Gasteiger partial charge >= 0.3 is 0 Å². The average Bonchev–Trinajstić information content (AvgIpc) is 3.03. The zero-order valence-electron chi connectivity index (χ0n) is 15.1. The fraction of sp³-hybridized carbons (Fsp3) is 0.444. The van der Waals surface area contributed by atoms with Gasteiger partial charge in [0.05, 0.1) is 29.4 Å². The van der Waals surface area contributed by atoms with Crippen LogP contribution in [0.3, 0.4) is 0 Å². The molecule has 0 saturated carbocycles. The van der Waals surface area contributed by atoms with Crippen LogP contribution in [0.15, 0.2) is 35.2 Å². The second-order valence-electron chi connectivity index (χ2n) is 6.20. The molecule has 2 heterocycles. The highest BCUT2D eigenvalue weighted by Crippen LogP contribution is 2.25. The average molecular weight is 376 g/mol. The quantitative estimate of drug-likeness (QED) is 0.831. The summed E-state index contributed by atoms with van der Waals surface area (Å²) >= 11 is 0. The van der Waals surface area contributed by atoms with Crippen molar-refractivity contribution in [3.63, 3.8) is 0 Å². The Bertz CT molecular complexity index is 891. The topological polar surface area (TPSA) is 84.3 Å². The number of nitrogens with zero attached hydrogens (tertiary/aromatic N) is 3. The molecule has 3 rings (SSSR count). The molecule has 0 aliphatic carbocycles. The second kappa shape index (κ2) is 7.59. The van der Waals surface area contributed by atoms with Gasteiger partial charge in [0, 0.05) is 25.9 Å². The van der Waals surface area contributed by atoms with E-state index in [0.717, 1.165) is 17.2 Å². The number of aromatic nitrogens is 2. The van der Waals surface area contributed by atoms with E-state index in [1.165, 1.54) is 4.31 Å². The van der Waals surface area contributed by atoms with Gasteiger partial charge in [-0.1, -0.05) is 25.1 Å². The van der Waals surface area contributed by atoms with Gasteiger partial charge in [-0.2, -0.15) is 4.31 Å². The molecule has 2 aromatic rings. The largest absolute Gasteiger partial charge is 0.349 e. The number of nitrogens with one attached hydrogen (secondary N) is 1. The molecular formula is C18H24N4O3S. The maximum Gasteiger partial charge on any atom is 0.243 e. The van der Waals surface area contributed by atoms with Gasteiger partial charge in [-0.05, 0) is 19.1 Å². The van der Waals surface area contributed by atoms with Crippen LogP contribution in [0.1, 0.15) is 37.5 Å². The van der Waals surface area contributed by atoms with Gasteiger partial charge in [-0.15, -0.1) is 0 Å². The maximum absolute atomic E-state index is 12.9. The molecule has 1 aliphatic rings. The van der Waals surface area contributed by atoms with E-state index in [1.807, 2.05) is 11.5 Å². The first-order valence-electron chi connectivity index (χ1n) is 8.86. The van der Waals surface area contributed by atoms with Crippen LogP contribution in [0.2, 0.25) is 0 Å². The molecule has 0 unspecified atom stereocenters. The zero-order valence-corrected chi connectivity index (χ0v) is 15.9. The third kappa shape index (κ3) is 3.52. The first-order chi connectivity index (χ1) is 12.5. The summed E-state index contributed by atoms with van der Waals surface area (Å²) < 4.78 is 29.3. The van der Waals surface area contributed by atoms with Gasteiger partial charge in [0.25, 0.3) is 0 Å². The first-order valence-corrected chi connectivity index (χ1v) is 10.3. The maximum atomic E-state index is 12.9. The van der Waals surface area contributed by atoms with Crippen molar-refractivity contribution in [1.29, 1.82) is 0 Å². The normalized spacial score (nSPS) is 14.8. The van der Waals surface area contributed by atoms with E-state index in [0.29, 0.717) is 43.9 Å². The van der Waals surface area contributed by atoms with Crippen LogP contribution in [0, 0.1) is 0 Å². The fourth-order valence-electron chi connectivity index (χ4n) is 3.20. The van der Waals surface area contributed by atoms with Gasteiger partial charge in [0.2, 0.25) is 15.9 Å². The summed E-state index contributed by atoms with van der Waals surface area (Å²) in [6, 6.07) is 8.50. The molecule has 0 atom stereocenters. The summed E-state index contributed by atoms with van der Waals surface area (Å²) in [5.41, 5.74) is 1.84. The van der Waals surface area contributed by atoms with Crippen molar-refractivity contribution < 1.29 is 13.2 Å². The van der Waals surface area contributed by atoms with Gasteiger partial charge in [0.15, 0.2) is 0 Å². The number of hydrogen-bond acceptors (Lipinski definition) is 4. The smallest absolute Gasteiger partial charge is 0.243 e. The molecule has 1 aliphatic heterocycles. The predicted octanol–water partition coefficient (Wildman–Crippen LogP) is 1.68. The fourth-order valence-corrected chi connectivity index (χ4v) is 4.63. The van der Waals surface area contributed by atoms with E-state index in [-0.39, 0.29) is 5.91 Å². The monoisotopic (exact) mass is 376 g/mol.